The van der Waals surface area contributed by atoms with Gasteiger partial charge in [0.25, 0.3) is 0 Å². The molecule has 1 aromatic heterocycles. The highest BCUT2D eigenvalue weighted by atomic mass is 79.9. The third-order valence-electron chi connectivity index (χ3n) is 1.04. The molecule has 1 aromatic rings. The molecular formula is C6H6BrNO2S. The van der Waals surface area contributed by atoms with E-state index >= 15 is 0 Å². The van der Waals surface area contributed by atoms with Crippen LogP contribution in [0.4, 0.5) is 4.79 Å². The molecule has 0 saturated heterocycles. The highest BCUT2D eigenvalue weighted by Crippen LogP contribution is 2.21. The fourth-order valence-electron chi connectivity index (χ4n) is 0.609. The molecular weight excluding hydrogens is 230 g/mol. The average molecular weight is 236 g/mol. The molecule has 1 heterocycles. The first-order valence-corrected chi connectivity index (χ1v) is 4.50. The largest absolute Gasteiger partial charge is 0.465 e. The lowest BCUT2D eigenvalue weighted by Gasteiger charge is -1.94. The summed E-state index contributed by atoms with van der Waals surface area (Å²) in [5, 5.41) is 10.5. The second kappa shape index (κ2) is 3.73. The van der Waals surface area contributed by atoms with Gasteiger partial charge >= 0.3 is 6.09 Å². The van der Waals surface area contributed by atoms with Crippen molar-refractivity contribution in [2.75, 3.05) is 0 Å². The van der Waals surface area contributed by atoms with Crippen molar-refractivity contribution in [3.8, 4) is 0 Å². The summed E-state index contributed by atoms with van der Waals surface area (Å²) in [6.45, 7) is 0.381. The number of nitrogens with one attached hydrogen (secondary N) is 1. The van der Waals surface area contributed by atoms with E-state index in [0.29, 0.717) is 6.54 Å². The van der Waals surface area contributed by atoms with Crippen molar-refractivity contribution >= 4 is 33.4 Å². The fourth-order valence-corrected chi connectivity index (χ4v) is 2.03. The third-order valence-corrected chi connectivity index (χ3v) is 2.67. The van der Waals surface area contributed by atoms with E-state index in [0.717, 1.165) is 8.66 Å². The first kappa shape index (κ1) is 8.55. The molecule has 1 amide bonds. The Bertz CT molecular complexity index is 261. The lowest BCUT2D eigenvalue weighted by molar-refractivity contribution is 0.194. The normalized spacial score (nSPS) is 9.55. The summed E-state index contributed by atoms with van der Waals surface area (Å²) in [5.41, 5.74) is 0. The molecule has 0 aliphatic carbocycles. The Balaban J connectivity index is 2.45. The van der Waals surface area contributed by atoms with Gasteiger partial charge in [-0.3, -0.25) is 0 Å². The molecule has 0 atom stereocenters. The van der Waals surface area contributed by atoms with E-state index in [1.807, 2.05) is 12.1 Å². The number of hydrogen-bond acceptors (Lipinski definition) is 2. The average Bonchev–Trinajstić information content (AvgIpc) is 2.31. The molecule has 3 nitrogen and oxygen atoms in total. The lowest BCUT2D eigenvalue weighted by Crippen LogP contribution is -2.19. The molecule has 1 rings (SSSR count). The van der Waals surface area contributed by atoms with Crippen LogP contribution in [0.3, 0.4) is 0 Å². The second-order valence-corrected chi connectivity index (χ2v) is 4.41. The predicted octanol–water partition coefficient (Wildman–Crippen LogP) is 2.28. The van der Waals surface area contributed by atoms with Gasteiger partial charge in [-0.25, -0.2) is 4.79 Å². The van der Waals surface area contributed by atoms with Gasteiger partial charge in [-0.1, -0.05) is 0 Å². The Morgan fingerprint density at radius 1 is 1.73 bits per heavy atom. The van der Waals surface area contributed by atoms with Crippen LogP contribution in [-0.4, -0.2) is 11.2 Å². The lowest BCUT2D eigenvalue weighted by atomic mass is 10.5. The van der Waals surface area contributed by atoms with Crippen molar-refractivity contribution in [3.05, 3.63) is 20.8 Å². The van der Waals surface area contributed by atoms with Crippen LogP contribution >= 0.6 is 27.3 Å². The van der Waals surface area contributed by atoms with Crippen molar-refractivity contribution in [1.82, 2.24) is 5.32 Å². The van der Waals surface area contributed by atoms with Crippen molar-refractivity contribution in [1.29, 1.82) is 0 Å². The summed E-state index contributed by atoms with van der Waals surface area (Å²) in [4.78, 5) is 11.1. The van der Waals surface area contributed by atoms with E-state index in [2.05, 4.69) is 21.2 Å². The minimum atomic E-state index is -0.991. The van der Waals surface area contributed by atoms with Gasteiger partial charge in [-0.2, -0.15) is 0 Å². The topological polar surface area (TPSA) is 49.3 Å². The summed E-state index contributed by atoms with van der Waals surface area (Å²) >= 11 is 4.80. The minimum Gasteiger partial charge on any atom is -0.465 e. The third kappa shape index (κ3) is 2.90. The zero-order valence-electron chi connectivity index (χ0n) is 5.50. The second-order valence-electron chi connectivity index (χ2n) is 1.86. The molecule has 0 spiro atoms. The van der Waals surface area contributed by atoms with Crippen LogP contribution in [0, 0.1) is 0 Å². The molecule has 0 saturated carbocycles. The molecule has 60 valence electrons. The van der Waals surface area contributed by atoms with Gasteiger partial charge in [0.05, 0.1) is 10.3 Å². The Morgan fingerprint density at radius 2 is 2.45 bits per heavy atom. The van der Waals surface area contributed by atoms with Crippen molar-refractivity contribution < 1.29 is 9.90 Å². The highest BCUT2D eigenvalue weighted by molar-refractivity contribution is 9.11. The van der Waals surface area contributed by atoms with Gasteiger partial charge in [0.15, 0.2) is 0 Å². The Hall–Kier alpha value is -0.550. The van der Waals surface area contributed by atoms with Crippen LogP contribution in [0.2, 0.25) is 0 Å². The number of hydrogen-bond donors (Lipinski definition) is 2. The summed E-state index contributed by atoms with van der Waals surface area (Å²) in [6, 6.07) is 3.77. The van der Waals surface area contributed by atoms with Gasteiger partial charge in [-0.05, 0) is 28.1 Å². The predicted molar refractivity (Wildman–Crippen MR) is 46.9 cm³/mol. The molecule has 0 unspecified atom stereocenters. The number of carboxylic acid groups (broad SMARTS) is 1. The van der Waals surface area contributed by atoms with Crippen LogP contribution in [0.25, 0.3) is 0 Å². The standard InChI is InChI=1S/C6H6BrNO2S/c7-5-2-1-4(11-5)3-8-6(9)10/h1-2,8H,3H2,(H,9,10). The summed E-state index contributed by atoms with van der Waals surface area (Å²) in [5.74, 6) is 0. The Morgan fingerprint density at radius 3 is 2.91 bits per heavy atom. The van der Waals surface area contributed by atoms with Crippen LogP contribution in [-0.2, 0) is 6.54 Å². The number of amides is 1. The minimum absolute atomic E-state index is 0.381. The van der Waals surface area contributed by atoms with E-state index in [-0.39, 0.29) is 0 Å². The van der Waals surface area contributed by atoms with Crippen molar-refractivity contribution in [2.45, 2.75) is 6.54 Å². The van der Waals surface area contributed by atoms with E-state index in [9.17, 15) is 4.79 Å². The summed E-state index contributed by atoms with van der Waals surface area (Å²) in [6.07, 6.45) is -0.991. The molecule has 0 bridgehead atoms. The maximum atomic E-state index is 10.1. The number of rotatable bonds is 2. The number of carbonyl (C=O) groups is 1. The molecule has 5 heteroatoms. The molecule has 0 aliphatic rings. The molecule has 11 heavy (non-hydrogen) atoms. The van der Waals surface area contributed by atoms with Gasteiger partial charge in [0.1, 0.15) is 0 Å². The van der Waals surface area contributed by atoms with E-state index in [1.165, 1.54) is 11.3 Å². The maximum Gasteiger partial charge on any atom is 0.404 e. The fraction of sp³-hybridized carbons (Fsp3) is 0.167. The molecule has 0 radical (unpaired) electrons. The van der Waals surface area contributed by atoms with E-state index in [1.54, 1.807) is 0 Å². The molecule has 0 fully saturated rings. The summed E-state index contributed by atoms with van der Waals surface area (Å²) in [7, 11) is 0. The van der Waals surface area contributed by atoms with Crippen molar-refractivity contribution in [3.63, 3.8) is 0 Å². The molecule has 0 aromatic carbocycles. The highest BCUT2D eigenvalue weighted by Gasteiger charge is 1.98. The Kier molecular flexibility index (Phi) is 2.90. The van der Waals surface area contributed by atoms with Gasteiger partial charge < -0.3 is 10.4 Å². The quantitative estimate of drug-likeness (QED) is 0.827. The number of halogens is 1. The van der Waals surface area contributed by atoms with E-state index < -0.39 is 6.09 Å². The monoisotopic (exact) mass is 235 g/mol. The van der Waals surface area contributed by atoms with Crippen molar-refractivity contribution in [2.24, 2.45) is 0 Å². The van der Waals surface area contributed by atoms with E-state index in [4.69, 9.17) is 5.11 Å². The van der Waals surface area contributed by atoms with Crippen LogP contribution < -0.4 is 5.32 Å². The smallest absolute Gasteiger partial charge is 0.404 e. The molecule has 0 aliphatic heterocycles. The van der Waals surface area contributed by atoms with Gasteiger partial charge in [-0.15, -0.1) is 11.3 Å². The zero-order valence-corrected chi connectivity index (χ0v) is 7.91. The van der Waals surface area contributed by atoms with Crippen LogP contribution in [0.1, 0.15) is 4.88 Å². The zero-order chi connectivity index (χ0) is 8.27. The maximum absolute atomic E-state index is 10.1. The Labute approximate surface area is 76.2 Å². The number of thiophene rings is 1. The van der Waals surface area contributed by atoms with Gasteiger partial charge in [0, 0.05) is 4.88 Å². The first-order chi connectivity index (χ1) is 5.18. The van der Waals surface area contributed by atoms with Crippen LogP contribution in [0.15, 0.2) is 15.9 Å². The SMILES string of the molecule is O=C(O)NCc1ccc(Br)s1. The molecule has 2 N–H and O–H groups in total. The summed E-state index contributed by atoms with van der Waals surface area (Å²) < 4.78 is 1.01. The first-order valence-electron chi connectivity index (χ1n) is 2.89. The van der Waals surface area contributed by atoms with Crippen LogP contribution in [0.5, 0.6) is 0 Å². The van der Waals surface area contributed by atoms with Gasteiger partial charge in [0.2, 0.25) is 0 Å².